The van der Waals surface area contributed by atoms with Crippen molar-refractivity contribution < 1.29 is 51.2 Å². The number of carboxylic acid groups (broad SMARTS) is 1. The fraction of sp³-hybridized carbons (Fsp3) is 0.483. The van der Waals surface area contributed by atoms with E-state index >= 15 is 0 Å². The molecule has 0 saturated carbocycles. The van der Waals surface area contributed by atoms with Crippen molar-refractivity contribution in [2.45, 2.75) is 82.9 Å². The first-order valence-electron chi connectivity index (χ1n) is 12.7. The highest BCUT2D eigenvalue weighted by atomic mass is 19.4. The molecule has 2 aromatic rings. The number of aliphatic carboxylic acids is 1. The highest BCUT2D eigenvalue weighted by Gasteiger charge is 2.68. The lowest BCUT2D eigenvalue weighted by atomic mass is 9.70. The Bertz CT molecular complexity index is 1180. The van der Waals surface area contributed by atoms with Crippen LogP contribution in [0.3, 0.4) is 0 Å². The number of aliphatic hydroxyl groups is 2. The molecule has 0 aliphatic rings. The van der Waals surface area contributed by atoms with Crippen LogP contribution in [-0.4, -0.2) is 52.0 Å². The fourth-order valence-electron chi connectivity index (χ4n) is 4.62. The van der Waals surface area contributed by atoms with Gasteiger partial charge in [0, 0.05) is 11.8 Å². The number of alkyl halides is 6. The Labute approximate surface area is 229 Å². The van der Waals surface area contributed by atoms with Crippen LogP contribution in [0.5, 0.6) is 5.75 Å². The van der Waals surface area contributed by atoms with Gasteiger partial charge in [0.15, 0.2) is 0 Å². The minimum Gasteiger partial charge on any atom is -0.491 e. The number of carbonyl (C=O) groups is 1. The van der Waals surface area contributed by atoms with E-state index in [1.54, 1.807) is 25.1 Å². The van der Waals surface area contributed by atoms with Crippen molar-refractivity contribution in [1.29, 1.82) is 0 Å². The zero-order valence-electron chi connectivity index (χ0n) is 22.7. The number of hydrogen-bond acceptors (Lipinski definition) is 4. The van der Waals surface area contributed by atoms with Gasteiger partial charge in [-0.3, -0.25) is 4.79 Å². The number of halogens is 6. The van der Waals surface area contributed by atoms with Crippen LogP contribution in [0.25, 0.3) is 6.08 Å². The normalized spacial score (nSPS) is 14.0. The molecule has 1 atom stereocenters. The molecule has 5 nitrogen and oxygen atoms in total. The van der Waals surface area contributed by atoms with Crippen LogP contribution in [0.15, 0.2) is 42.5 Å². The smallest absolute Gasteiger partial charge is 0.430 e. The molecule has 0 radical (unpaired) electrons. The highest BCUT2D eigenvalue weighted by Crippen LogP contribution is 2.45. The molecule has 0 heterocycles. The van der Waals surface area contributed by atoms with Gasteiger partial charge in [0.1, 0.15) is 12.4 Å². The van der Waals surface area contributed by atoms with Crippen LogP contribution in [0.1, 0.15) is 67.3 Å². The Morgan fingerprint density at radius 1 is 0.925 bits per heavy atom. The first-order chi connectivity index (χ1) is 18.4. The van der Waals surface area contributed by atoms with E-state index in [4.69, 9.17) is 9.84 Å². The van der Waals surface area contributed by atoms with Crippen LogP contribution < -0.4 is 4.74 Å². The molecule has 0 bridgehead atoms. The second-order valence-corrected chi connectivity index (χ2v) is 9.83. The summed E-state index contributed by atoms with van der Waals surface area (Å²) >= 11 is 0. The van der Waals surface area contributed by atoms with E-state index in [1.807, 2.05) is 32.9 Å². The molecule has 0 aromatic heterocycles. The average Bonchev–Trinajstić information content (AvgIpc) is 2.86. The predicted molar refractivity (Wildman–Crippen MR) is 138 cm³/mol. The molecule has 222 valence electrons. The molecule has 11 heteroatoms. The first kappa shape index (κ1) is 33.2. The summed E-state index contributed by atoms with van der Waals surface area (Å²) in [5, 5.41) is 28.1. The Morgan fingerprint density at radius 3 is 1.90 bits per heavy atom. The Morgan fingerprint density at radius 2 is 1.45 bits per heavy atom. The summed E-state index contributed by atoms with van der Waals surface area (Å²) in [5.74, 6) is -0.504. The molecule has 0 aliphatic heterocycles. The van der Waals surface area contributed by atoms with E-state index < -0.39 is 35.4 Å². The van der Waals surface area contributed by atoms with Gasteiger partial charge in [-0.15, -0.1) is 0 Å². The second-order valence-electron chi connectivity index (χ2n) is 9.83. The van der Waals surface area contributed by atoms with E-state index in [0.717, 1.165) is 16.7 Å². The van der Waals surface area contributed by atoms with Crippen LogP contribution >= 0.6 is 0 Å². The molecule has 3 N–H and O–H groups in total. The highest BCUT2D eigenvalue weighted by molar-refractivity contribution is 5.66. The summed E-state index contributed by atoms with van der Waals surface area (Å²) in [6.45, 7) is 7.25. The average molecular weight is 577 g/mol. The Hall–Kier alpha value is -3.05. The Kier molecular flexibility index (Phi) is 10.5. The summed E-state index contributed by atoms with van der Waals surface area (Å²) in [5.41, 5.74) is -2.49. The van der Waals surface area contributed by atoms with Crippen LogP contribution in [0.4, 0.5) is 26.3 Å². The predicted octanol–water partition coefficient (Wildman–Crippen LogP) is 6.88. The lowest BCUT2D eigenvalue weighted by molar-refractivity contribution is -0.347. The molecule has 0 unspecified atom stereocenters. The van der Waals surface area contributed by atoms with Crippen molar-refractivity contribution in [3.63, 3.8) is 0 Å². The molecular weight excluding hydrogens is 542 g/mol. The van der Waals surface area contributed by atoms with Crippen LogP contribution in [0.2, 0.25) is 0 Å². The van der Waals surface area contributed by atoms with Gasteiger partial charge < -0.3 is 20.1 Å². The monoisotopic (exact) mass is 576 g/mol. The standard InChI is InChI=1S/C29H34F6O5/c1-5-26(6-2,22-9-11-24(19(4)16-22)40-17-23(36)10-12-25(37)38)21-8-7-20(18(3)15-21)13-14-27(39,28(30,31)32)29(33,34)35/h7-9,11,13-16,23,36,39H,5-6,10,12,17H2,1-4H3,(H,37,38)/t23-/m0/s1. The molecule has 0 saturated heterocycles. The summed E-state index contributed by atoms with van der Waals surface area (Å²) in [6, 6.07) is 10.3. The van der Waals surface area contributed by atoms with Gasteiger partial charge in [0.2, 0.25) is 0 Å². The van der Waals surface area contributed by atoms with Gasteiger partial charge in [-0.25, -0.2) is 0 Å². The molecule has 0 aliphatic carbocycles. The molecule has 2 rings (SSSR count). The fourth-order valence-corrected chi connectivity index (χ4v) is 4.62. The van der Waals surface area contributed by atoms with Crippen molar-refractivity contribution in [2.75, 3.05) is 6.61 Å². The second kappa shape index (κ2) is 12.6. The van der Waals surface area contributed by atoms with Crippen molar-refractivity contribution in [3.05, 3.63) is 70.3 Å². The van der Waals surface area contributed by atoms with E-state index in [9.17, 15) is 41.4 Å². The molecule has 0 fully saturated rings. The number of carboxylic acids is 1. The van der Waals surface area contributed by atoms with Crippen LogP contribution in [0, 0.1) is 13.8 Å². The maximum atomic E-state index is 13.1. The maximum absolute atomic E-state index is 13.1. The van der Waals surface area contributed by atoms with Crippen molar-refractivity contribution in [3.8, 4) is 5.75 Å². The minimum absolute atomic E-state index is 0.0531. The van der Waals surface area contributed by atoms with Gasteiger partial charge in [-0.05, 0) is 73.1 Å². The van der Waals surface area contributed by atoms with E-state index in [1.165, 1.54) is 6.07 Å². The number of benzene rings is 2. The third-order valence-corrected chi connectivity index (χ3v) is 7.25. The number of aliphatic hydroxyl groups excluding tert-OH is 1. The summed E-state index contributed by atoms with van der Waals surface area (Å²) in [7, 11) is 0. The number of ether oxygens (including phenoxy) is 1. The van der Waals surface area contributed by atoms with E-state index in [2.05, 4.69) is 0 Å². The molecule has 0 spiro atoms. The van der Waals surface area contributed by atoms with E-state index in [0.29, 0.717) is 30.2 Å². The number of hydrogen-bond donors (Lipinski definition) is 3. The summed E-state index contributed by atoms with van der Waals surface area (Å²) in [6.07, 6.45) is -11.3. The van der Waals surface area contributed by atoms with Gasteiger partial charge >= 0.3 is 18.3 Å². The third-order valence-electron chi connectivity index (χ3n) is 7.25. The molecule has 0 amide bonds. The van der Waals surface area contributed by atoms with E-state index in [-0.39, 0.29) is 31.1 Å². The van der Waals surface area contributed by atoms with Gasteiger partial charge in [-0.1, -0.05) is 50.3 Å². The van der Waals surface area contributed by atoms with Gasteiger partial charge in [-0.2, -0.15) is 26.3 Å². The number of aryl methyl sites for hydroxylation is 2. The zero-order chi connectivity index (χ0) is 30.5. The van der Waals surface area contributed by atoms with Crippen molar-refractivity contribution >= 4 is 12.0 Å². The molecule has 2 aromatic carbocycles. The lowest BCUT2D eigenvalue weighted by Gasteiger charge is -2.34. The minimum atomic E-state index is -5.94. The van der Waals surface area contributed by atoms with Crippen LogP contribution in [-0.2, 0) is 10.2 Å². The summed E-state index contributed by atoms with van der Waals surface area (Å²) < 4.78 is 84.0. The van der Waals surface area contributed by atoms with Gasteiger partial charge in [0.25, 0.3) is 5.60 Å². The van der Waals surface area contributed by atoms with Crippen molar-refractivity contribution in [1.82, 2.24) is 0 Å². The topological polar surface area (TPSA) is 87.0 Å². The lowest BCUT2D eigenvalue weighted by Crippen LogP contribution is -2.55. The first-order valence-corrected chi connectivity index (χ1v) is 12.7. The molecule has 40 heavy (non-hydrogen) atoms. The largest absolute Gasteiger partial charge is 0.491 e. The molecular formula is C29H34F6O5. The maximum Gasteiger partial charge on any atom is 0.430 e. The third kappa shape index (κ3) is 7.17. The SMILES string of the molecule is CCC(CC)(c1ccc(C=CC(O)(C(F)(F)F)C(F)(F)F)c(C)c1)c1ccc(OC[C@@H](O)CCC(=O)O)c(C)c1. The Balaban J connectivity index is 2.38. The quantitative estimate of drug-likeness (QED) is 0.240. The number of rotatable bonds is 12. The summed E-state index contributed by atoms with van der Waals surface area (Å²) in [4.78, 5) is 10.7. The van der Waals surface area contributed by atoms with Crippen molar-refractivity contribution in [2.24, 2.45) is 0 Å². The zero-order valence-corrected chi connectivity index (χ0v) is 22.7. The van der Waals surface area contributed by atoms with Gasteiger partial charge in [0.05, 0.1) is 6.10 Å².